The van der Waals surface area contributed by atoms with Crippen molar-refractivity contribution >= 4 is 12.1 Å². The Balaban J connectivity index is 2.10. The highest BCUT2D eigenvalue weighted by Crippen LogP contribution is 2.19. The van der Waals surface area contributed by atoms with Gasteiger partial charge >= 0.3 is 0 Å². The van der Waals surface area contributed by atoms with Gasteiger partial charge in [0.25, 0.3) is 0 Å². The molecule has 1 heterocycles. The number of carbonyl (C=O) groups is 1. The van der Waals surface area contributed by atoms with Crippen molar-refractivity contribution in [3.63, 3.8) is 0 Å². The minimum atomic E-state index is 0.830. The summed E-state index contributed by atoms with van der Waals surface area (Å²) in [6.07, 6.45) is 0.943. The van der Waals surface area contributed by atoms with Crippen LogP contribution in [0.1, 0.15) is 11.1 Å². The first-order chi connectivity index (χ1) is 7.69. The van der Waals surface area contributed by atoms with Gasteiger partial charge in [0.2, 0.25) is 6.41 Å². The number of carbonyl (C=O) groups excluding carboxylic acids is 1. The fourth-order valence-corrected chi connectivity index (χ4v) is 2.22. The van der Waals surface area contributed by atoms with Crippen LogP contribution in [-0.4, -0.2) is 37.5 Å². The van der Waals surface area contributed by atoms with Crippen LogP contribution in [0.25, 0.3) is 0 Å². The Kier molecular flexibility index (Phi) is 3.13. The Hall–Kier alpha value is -1.51. The van der Waals surface area contributed by atoms with Crippen LogP contribution in [0.3, 0.4) is 0 Å². The van der Waals surface area contributed by atoms with Gasteiger partial charge in [0.15, 0.2) is 0 Å². The summed E-state index contributed by atoms with van der Waals surface area (Å²) in [5, 5.41) is 0. The lowest BCUT2D eigenvalue weighted by atomic mass is 10.1. The summed E-state index contributed by atoms with van der Waals surface area (Å²) in [6, 6.07) is 6.61. The van der Waals surface area contributed by atoms with Crippen molar-refractivity contribution in [2.75, 3.05) is 31.1 Å². The Labute approximate surface area is 96.7 Å². The topological polar surface area (TPSA) is 23.6 Å². The molecule has 1 amide bonds. The minimum absolute atomic E-state index is 0.830. The molecular formula is C13H18N2O. The number of hydrogen-bond donors (Lipinski definition) is 0. The summed E-state index contributed by atoms with van der Waals surface area (Å²) in [5.41, 5.74) is 3.88. The molecular weight excluding hydrogens is 200 g/mol. The quantitative estimate of drug-likeness (QED) is 0.704. The lowest BCUT2D eigenvalue weighted by Gasteiger charge is -2.34. The number of rotatable bonds is 2. The lowest BCUT2D eigenvalue weighted by molar-refractivity contribution is -0.118. The van der Waals surface area contributed by atoms with Gasteiger partial charge in [-0.3, -0.25) is 4.79 Å². The molecule has 0 N–H and O–H groups in total. The van der Waals surface area contributed by atoms with Gasteiger partial charge < -0.3 is 9.80 Å². The van der Waals surface area contributed by atoms with Gasteiger partial charge in [-0.25, -0.2) is 0 Å². The molecule has 0 bridgehead atoms. The number of amides is 1. The zero-order chi connectivity index (χ0) is 11.5. The normalized spacial score (nSPS) is 16.4. The van der Waals surface area contributed by atoms with Crippen molar-refractivity contribution in [1.82, 2.24) is 4.90 Å². The largest absolute Gasteiger partial charge is 0.368 e. The van der Waals surface area contributed by atoms with Crippen molar-refractivity contribution < 1.29 is 4.79 Å². The molecule has 1 aromatic rings. The smallest absolute Gasteiger partial charge is 0.209 e. The van der Waals surface area contributed by atoms with Crippen LogP contribution in [0.5, 0.6) is 0 Å². The molecule has 1 fully saturated rings. The fourth-order valence-electron chi connectivity index (χ4n) is 2.22. The monoisotopic (exact) mass is 218 g/mol. The van der Waals surface area contributed by atoms with Crippen LogP contribution in [-0.2, 0) is 4.79 Å². The summed E-state index contributed by atoms with van der Waals surface area (Å²) < 4.78 is 0. The molecule has 1 aliphatic heterocycles. The van der Waals surface area contributed by atoms with Gasteiger partial charge in [-0.1, -0.05) is 6.07 Å². The van der Waals surface area contributed by atoms with E-state index in [1.165, 1.54) is 16.8 Å². The van der Waals surface area contributed by atoms with Crippen LogP contribution in [0.2, 0.25) is 0 Å². The van der Waals surface area contributed by atoms with Crippen LogP contribution < -0.4 is 4.90 Å². The predicted octanol–water partition coefficient (Wildman–Crippen LogP) is 1.58. The molecule has 0 saturated carbocycles. The second-order valence-electron chi connectivity index (χ2n) is 4.47. The van der Waals surface area contributed by atoms with Gasteiger partial charge in [-0.15, -0.1) is 0 Å². The number of aryl methyl sites for hydroxylation is 2. The molecule has 1 aliphatic rings. The van der Waals surface area contributed by atoms with Crippen molar-refractivity contribution in [1.29, 1.82) is 0 Å². The maximum Gasteiger partial charge on any atom is 0.209 e. The standard InChI is InChI=1S/C13H18N2O/c1-11-7-12(2)9-13(8-11)15-5-3-14(10-16)4-6-15/h7-10H,3-6H2,1-2H3. The second kappa shape index (κ2) is 4.56. The predicted molar refractivity (Wildman–Crippen MR) is 65.8 cm³/mol. The van der Waals surface area contributed by atoms with E-state index < -0.39 is 0 Å². The van der Waals surface area contributed by atoms with Gasteiger partial charge in [0.05, 0.1) is 0 Å². The average Bonchev–Trinajstić information content (AvgIpc) is 2.28. The number of anilines is 1. The first-order valence-corrected chi connectivity index (χ1v) is 5.71. The Morgan fingerprint density at radius 2 is 1.56 bits per heavy atom. The zero-order valence-electron chi connectivity index (χ0n) is 9.94. The summed E-state index contributed by atoms with van der Waals surface area (Å²) in [4.78, 5) is 14.8. The van der Waals surface area contributed by atoms with E-state index in [4.69, 9.17) is 0 Å². The van der Waals surface area contributed by atoms with Crippen molar-refractivity contribution in [3.05, 3.63) is 29.3 Å². The third-order valence-electron chi connectivity index (χ3n) is 3.03. The molecule has 3 nitrogen and oxygen atoms in total. The third-order valence-corrected chi connectivity index (χ3v) is 3.03. The summed E-state index contributed by atoms with van der Waals surface area (Å²) in [7, 11) is 0. The number of benzene rings is 1. The second-order valence-corrected chi connectivity index (χ2v) is 4.47. The third kappa shape index (κ3) is 2.35. The van der Waals surface area contributed by atoms with Crippen molar-refractivity contribution in [3.8, 4) is 0 Å². The average molecular weight is 218 g/mol. The first kappa shape index (κ1) is 11.0. The fraction of sp³-hybridized carbons (Fsp3) is 0.462. The van der Waals surface area contributed by atoms with Crippen LogP contribution in [0, 0.1) is 13.8 Å². The van der Waals surface area contributed by atoms with E-state index in [1.807, 2.05) is 4.90 Å². The van der Waals surface area contributed by atoms with Gasteiger partial charge in [-0.2, -0.15) is 0 Å². The number of piperazine rings is 1. The molecule has 0 radical (unpaired) electrons. The van der Waals surface area contributed by atoms with E-state index in [1.54, 1.807) is 0 Å². The molecule has 2 rings (SSSR count). The van der Waals surface area contributed by atoms with Gasteiger partial charge in [-0.05, 0) is 37.1 Å². The molecule has 16 heavy (non-hydrogen) atoms. The van der Waals surface area contributed by atoms with E-state index in [2.05, 4.69) is 36.9 Å². The van der Waals surface area contributed by atoms with Crippen LogP contribution >= 0.6 is 0 Å². The highest BCUT2D eigenvalue weighted by molar-refractivity contribution is 5.53. The van der Waals surface area contributed by atoms with Crippen LogP contribution in [0.15, 0.2) is 18.2 Å². The van der Waals surface area contributed by atoms with E-state index >= 15 is 0 Å². The molecule has 3 heteroatoms. The highest BCUT2D eigenvalue weighted by Gasteiger charge is 2.15. The minimum Gasteiger partial charge on any atom is -0.368 e. The van der Waals surface area contributed by atoms with E-state index in [0.717, 1.165) is 32.6 Å². The lowest BCUT2D eigenvalue weighted by Crippen LogP contribution is -2.45. The van der Waals surface area contributed by atoms with Crippen molar-refractivity contribution in [2.45, 2.75) is 13.8 Å². The molecule has 0 unspecified atom stereocenters. The molecule has 0 spiro atoms. The van der Waals surface area contributed by atoms with Gasteiger partial charge in [0, 0.05) is 31.9 Å². The SMILES string of the molecule is Cc1cc(C)cc(N2CCN(C=O)CC2)c1. The summed E-state index contributed by atoms with van der Waals surface area (Å²) >= 11 is 0. The molecule has 1 saturated heterocycles. The highest BCUT2D eigenvalue weighted by atomic mass is 16.1. The Morgan fingerprint density at radius 1 is 1.00 bits per heavy atom. The van der Waals surface area contributed by atoms with E-state index in [9.17, 15) is 4.79 Å². The van der Waals surface area contributed by atoms with E-state index in [0.29, 0.717) is 0 Å². The maximum absolute atomic E-state index is 10.6. The molecule has 86 valence electrons. The summed E-state index contributed by atoms with van der Waals surface area (Å²) in [6.45, 7) is 7.77. The molecule has 1 aromatic carbocycles. The maximum atomic E-state index is 10.6. The summed E-state index contributed by atoms with van der Waals surface area (Å²) in [5.74, 6) is 0. The van der Waals surface area contributed by atoms with Crippen molar-refractivity contribution in [2.24, 2.45) is 0 Å². The first-order valence-electron chi connectivity index (χ1n) is 5.71. The molecule has 0 aromatic heterocycles. The zero-order valence-corrected chi connectivity index (χ0v) is 9.94. The Bertz CT molecular complexity index is 361. The van der Waals surface area contributed by atoms with Gasteiger partial charge in [0.1, 0.15) is 0 Å². The molecule has 0 aliphatic carbocycles. The Morgan fingerprint density at radius 3 is 2.06 bits per heavy atom. The number of nitrogens with zero attached hydrogens (tertiary/aromatic N) is 2. The molecule has 0 atom stereocenters. The van der Waals surface area contributed by atoms with Crippen LogP contribution in [0.4, 0.5) is 5.69 Å². The number of hydrogen-bond acceptors (Lipinski definition) is 2. The van der Waals surface area contributed by atoms with E-state index in [-0.39, 0.29) is 0 Å².